The molecule has 1 fully saturated rings. The maximum Gasteiger partial charge on any atom is 0.342 e. The molecule has 36 heteroatoms. The summed E-state index contributed by atoms with van der Waals surface area (Å²) in [6.07, 6.45) is -13.9. The van der Waals surface area contributed by atoms with Crippen molar-refractivity contribution in [2.24, 2.45) is 0 Å². The van der Waals surface area contributed by atoms with E-state index in [1.165, 1.54) is 0 Å². The van der Waals surface area contributed by atoms with Crippen LogP contribution in [0, 0.1) is 0 Å². The second-order valence-corrected chi connectivity index (χ2v) is 19.0. The Hall–Kier alpha value is -13.4. The van der Waals surface area contributed by atoms with Gasteiger partial charge in [-0.05, 0) is 48.5 Å². The van der Waals surface area contributed by atoms with Gasteiger partial charge in [0.25, 0.3) is 0 Å². The van der Waals surface area contributed by atoms with Crippen LogP contribution < -0.4 is 9.47 Å². The molecule has 7 aromatic rings. The van der Waals surface area contributed by atoms with Crippen LogP contribution in [-0.2, 0) is 28.4 Å². The molecule has 0 bridgehead atoms. The van der Waals surface area contributed by atoms with E-state index < -0.39 is 261 Å². The summed E-state index contributed by atoms with van der Waals surface area (Å²) in [5, 5.41) is 222. The van der Waals surface area contributed by atoms with Gasteiger partial charge in [-0.3, -0.25) is 0 Å². The molecule has 2 aliphatic heterocycles. The van der Waals surface area contributed by atoms with Gasteiger partial charge in [-0.2, -0.15) is 0 Å². The molecular weight excluding hydrogens is 1240 g/mol. The minimum atomic E-state index is -2.96. The number of aromatic hydroxyl groups is 19. The number of fused-ring (bicyclic) bond motifs is 4. The summed E-state index contributed by atoms with van der Waals surface area (Å²) in [5.74, 6) is -44.9. The summed E-state index contributed by atoms with van der Waals surface area (Å²) >= 11 is 0. The summed E-state index contributed by atoms with van der Waals surface area (Å²) in [7, 11) is 0. The van der Waals surface area contributed by atoms with Gasteiger partial charge in [-0.1, -0.05) is 0 Å². The molecule has 21 N–H and O–H groups in total. The first-order valence-corrected chi connectivity index (χ1v) is 24.7. The number of aromatic carboxylic acids is 2. The number of hydrogen-bond acceptors (Lipinski definition) is 34. The Morgan fingerprint density at radius 1 is 0.374 bits per heavy atom. The van der Waals surface area contributed by atoms with Crippen LogP contribution >= 0.6 is 0 Å². The molecule has 474 valence electrons. The van der Waals surface area contributed by atoms with Crippen LogP contribution in [0.1, 0.15) is 72.5 Å². The van der Waals surface area contributed by atoms with Crippen LogP contribution in [0.4, 0.5) is 0 Å². The first-order chi connectivity index (χ1) is 42.7. The van der Waals surface area contributed by atoms with Crippen LogP contribution in [0.3, 0.4) is 0 Å². The molecule has 5 atom stereocenters. The van der Waals surface area contributed by atoms with Crippen molar-refractivity contribution in [3.05, 3.63) is 99.6 Å². The Morgan fingerprint density at radius 3 is 1.23 bits per heavy atom. The van der Waals surface area contributed by atoms with Crippen molar-refractivity contribution in [3.8, 4) is 143 Å². The van der Waals surface area contributed by atoms with E-state index in [0.29, 0.717) is 54.6 Å². The number of carbonyl (C=O) groups is 7. The average Bonchev–Trinajstić information content (AvgIpc) is 1.68. The highest BCUT2D eigenvalue weighted by molar-refractivity contribution is 6.08. The summed E-state index contributed by atoms with van der Waals surface area (Å²) in [6, 6.07) is 3.75. The van der Waals surface area contributed by atoms with E-state index in [4.69, 9.17) is 37.9 Å². The lowest BCUT2D eigenvalue weighted by Gasteiger charge is -2.43. The minimum absolute atomic E-state index is 0.219. The topological polar surface area (TPSA) is 618 Å². The number of phenols is 19. The fraction of sp³-hybridized carbons (Fsp3) is 0.109. The van der Waals surface area contributed by atoms with Crippen molar-refractivity contribution in [1.82, 2.24) is 0 Å². The third-order valence-corrected chi connectivity index (χ3v) is 13.3. The van der Waals surface area contributed by atoms with Crippen molar-refractivity contribution >= 4 is 41.8 Å². The minimum Gasteiger partial charge on any atom is -0.504 e. The lowest BCUT2D eigenvalue weighted by Crippen LogP contribution is -2.63. The van der Waals surface area contributed by atoms with E-state index in [9.17, 15) is 141 Å². The van der Waals surface area contributed by atoms with E-state index >= 15 is 0 Å². The first-order valence-electron chi connectivity index (χ1n) is 24.7. The third kappa shape index (κ3) is 11.1. The molecule has 0 aliphatic carbocycles. The average molecular weight is 1270 g/mol. The number of ether oxygens (including phenoxy) is 8. The first kappa shape index (κ1) is 62.1. The number of carboxylic acids is 2. The van der Waals surface area contributed by atoms with Crippen molar-refractivity contribution in [1.29, 1.82) is 0 Å². The van der Waals surface area contributed by atoms with Crippen LogP contribution in [0.15, 0.2) is 60.7 Å². The molecule has 0 radical (unpaired) electrons. The zero-order chi connectivity index (χ0) is 66.8. The Kier molecular flexibility index (Phi) is 15.8. The van der Waals surface area contributed by atoms with E-state index in [1.807, 2.05) is 0 Å². The Labute approximate surface area is 499 Å². The van der Waals surface area contributed by atoms with Crippen LogP contribution in [0.25, 0.3) is 11.1 Å². The molecular formula is C55H38O36. The maximum absolute atomic E-state index is 14.9. The van der Waals surface area contributed by atoms with Crippen LogP contribution in [0.2, 0.25) is 0 Å². The van der Waals surface area contributed by atoms with Crippen molar-refractivity contribution < 1.29 is 179 Å². The van der Waals surface area contributed by atoms with Gasteiger partial charge in [0.1, 0.15) is 23.8 Å². The van der Waals surface area contributed by atoms with Crippen LogP contribution in [0.5, 0.6) is 132 Å². The highest BCUT2D eigenvalue weighted by Crippen LogP contribution is 2.55. The number of hydrogen-bond donors (Lipinski definition) is 21. The Morgan fingerprint density at radius 2 is 0.758 bits per heavy atom. The number of carboxylic acid groups (broad SMARTS) is 2. The summed E-state index contributed by atoms with van der Waals surface area (Å²) < 4.78 is 44.5. The summed E-state index contributed by atoms with van der Waals surface area (Å²) in [4.78, 5) is 96.5. The summed E-state index contributed by atoms with van der Waals surface area (Å²) in [6.45, 7) is -1.47. The van der Waals surface area contributed by atoms with E-state index in [1.54, 1.807) is 0 Å². The molecule has 91 heavy (non-hydrogen) atoms. The molecule has 0 amide bonds. The molecule has 5 unspecified atom stereocenters. The SMILES string of the molecule is O=C(O)c1cc(O)c(Oc2c(C(=O)OC3C(OC(=O)c4cc(O)c(Oc5c(C(=O)O)cc(O)c(O)c5O)c(O)c4)OC4COC(=O)c5cc(O)c(O)c(O)c5-c5c(cc(O)c(O)c5O)C(=O)OC4C3OC(=O)c3cc(O)c(O)c(O)c3)cc(O)c(O)c2O)c(O)c1. The Bertz CT molecular complexity index is 4250. The van der Waals surface area contributed by atoms with E-state index in [0.717, 1.165) is 0 Å². The number of carbonyl (C=O) groups excluding carboxylic acids is 5. The van der Waals surface area contributed by atoms with Gasteiger partial charge in [-0.15, -0.1) is 0 Å². The molecule has 36 nitrogen and oxygen atoms in total. The molecule has 0 saturated carbocycles. The predicted octanol–water partition coefficient (Wildman–Crippen LogP) is 3.47. The van der Waals surface area contributed by atoms with Gasteiger partial charge < -0.3 is 145 Å². The lowest BCUT2D eigenvalue weighted by molar-refractivity contribution is -0.282. The maximum atomic E-state index is 14.9. The van der Waals surface area contributed by atoms with E-state index in [-0.39, 0.29) is 6.07 Å². The molecule has 2 heterocycles. The predicted molar refractivity (Wildman–Crippen MR) is 282 cm³/mol. The number of phenolic OH excluding ortho intramolecular Hbond substituents is 19. The van der Waals surface area contributed by atoms with Crippen molar-refractivity contribution in [2.45, 2.75) is 30.7 Å². The second kappa shape index (κ2) is 23.1. The lowest BCUT2D eigenvalue weighted by atomic mass is 9.92. The molecule has 2 aliphatic rings. The smallest absolute Gasteiger partial charge is 0.342 e. The van der Waals surface area contributed by atoms with Gasteiger partial charge >= 0.3 is 41.8 Å². The number of cyclic esters (lactones) is 1. The normalized spacial score (nSPS) is 16.9. The monoisotopic (exact) mass is 1270 g/mol. The van der Waals surface area contributed by atoms with Crippen molar-refractivity contribution in [2.75, 3.05) is 6.61 Å². The highest BCUT2D eigenvalue weighted by Gasteiger charge is 2.56. The zero-order valence-electron chi connectivity index (χ0n) is 44.4. The van der Waals surface area contributed by atoms with Crippen LogP contribution in [-0.4, -0.2) is 186 Å². The Balaban J connectivity index is 1.24. The highest BCUT2D eigenvalue weighted by atomic mass is 16.7. The fourth-order valence-electron chi connectivity index (χ4n) is 8.95. The zero-order valence-corrected chi connectivity index (χ0v) is 44.4. The molecule has 1 saturated heterocycles. The molecule has 0 spiro atoms. The largest absolute Gasteiger partial charge is 0.504 e. The number of rotatable bonds is 12. The van der Waals surface area contributed by atoms with Gasteiger partial charge in [0, 0.05) is 23.3 Å². The number of esters is 5. The quantitative estimate of drug-likeness (QED) is 0.0473. The molecule has 0 aromatic heterocycles. The standard InChI is InChI=1S/C55H38O36/c56-19-3-13(4-20(57)32(19)66)50(79)89-46-45-29(11-84-52(81)15-7-21(58)33(67)37(71)30(15)31-16(53(82)88-45)8-22(59)34(68)38(31)72)85-55(91-51(80)14-5-27(64)44(28(65)6-14)86-41-17(49(77)78)9-23(60)35(69)39(41)73)47(46)90-54(83)18-10-24(61)36(70)40(74)42(18)87-43-25(62)1-12(48(75)76)2-26(43)63/h1-10,29,45-47,55-74H,11H2,(H,75,76)(H,77,78). The van der Waals surface area contributed by atoms with E-state index in [2.05, 4.69) is 0 Å². The second-order valence-electron chi connectivity index (χ2n) is 19.0. The van der Waals surface area contributed by atoms with Gasteiger partial charge in [0.05, 0.1) is 27.8 Å². The summed E-state index contributed by atoms with van der Waals surface area (Å²) in [5.41, 5.74) is -10.1. The van der Waals surface area contributed by atoms with Gasteiger partial charge in [-0.25, -0.2) is 33.6 Å². The third-order valence-electron chi connectivity index (χ3n) is 13.3. The van der Waals surface area contributed by atoms with Gasteiger partial charge in [0.2, 0.25) is 58.4 Å². The number of benzene rings is 7. The molecule has 7 aromatic carbocycles. The fourth-order valence-corrected chi connectivity index (χ4v) is 8.95. The van der Waals surface area contributed by atoms with Gasteiger partial charge in [0.15, 0.2) is 98.5 Å². The molecule has 9 rings (SSSR count). The van der Waals surface area contributed by atoms with Crippen molar-refractivity contribution in [3.63, 3.8) is 0 Å².